The molecule has 88 valence electrons. The number of carboxylic acid groups (broad SMARTS) is 1. The minimum atomic E-state index is -0.996. The highest BCUT2D eigenvalue weighted by atomic mass is 79.9. The first kappa shape index (κ1) is 12.8. The Morgan fingerprint density at radius 3 is 3.00 bits per heavy atom. The smallest absolute Gasteiger partial charge is 0.404 e. The maximum Gasteiger partial charge on any atom is 0.404 e. The van der Waals surface area contributed by atoms with Gasteiger partial charge in [0.25, 0.3) is 0 Å². The van der Waals surface area contributed by atoms with Gasteiger partial charge in [0.05, 0.1) is 17.8 Å². The Hall–Kier alpha value is -1.30. The van der Waals surface area contributed by atoms with E-state index in [-0.39, 0.29) is 0 Å². The van der Waals surface area contributed by atoms with E-state index in [1.165, 1.54) is 0 Å². The molecule has 0 saturated heterocycles. The molecule has 5 nitrogen and oxygen atoms in total. The number of methoxy groups -OCH3 is 1. The number of hydrogen-bond acceptors (Lipinski definition) is 3. The van der Waals surface area contributed by atoms with Crippen LogP contribution in [0.3, 0.4) is 0 Å². The number of aromatic nitrogens is 1. The van der Waals surface area contributed by atoms with E-state index in [1.54, 1.807) is 13.3 Å². The number of hydrogen-bond donors (Lipinski definition) is 2. The van der Waals surface area contributed by atoms with Crippen LogP contribution in [0.4, 0.5) is 4.79 Å². The molecule has 0 unspecified atom stereocenters. The van der Waals surface area contributed by atoms with Crippen molar-refractivity contribution in [2.75, 3.05) is 13.7 Å². The van der Waals surface area contributed by atoms with Gasteiger partial charge in [-0.1, -0.05) is 0 Å². The fraction of sp³-hybridized carbons (Fsp3) is 0.400. The lowest BCUT2D eigenvalue weighted by Gasteiger charge is -2.05. The third kappa shape index (κ3) is 4.06. The van der Waals surface area contributed by atoms with Crippen molar-refractivity contribution in [2.45, 2.75) is 12.8 Å². The number of rotatable bonds is 5. The van der Waals surface area contributed by atoms with Crippen molar-refractivity contribution in [2.24, 2.45) is 0 Å². The van der Waals surface area contributed by atoms with Gasteiger partial charge in [-0.2, -0.15) is 0 Å². The summed E-state index contributed by atoms with van der Waals surface area (Å²) in [5, 5.41) is 10.7. The largest absolute Gasteiger partial charge is 0.494 e. The van der Waals surface area contributed by atoms with Crippen LogP contribution in [0.2, 0.25) is 0 Å². The zero-order valence-electron chi connectivity index (χ0n) is 8.86. The summed E-state index contributed by atoms with van der Waals surface area (Å²) in [6.45, 7) is 0.431. The maximum atomic E-state index is 10.2. The fourth-order valence-electron chi connectivity index (χ4n) is 1.21. The van der Waals surface area contributed by atoms with Crippen LogP contribution in [0, 0.1) is 0 Å². The molecule has 0 aromatic carbocycles. The van der Waals surface area contributed by atoms with Gasteiger partial charge in [-0.05, 0) is 34.8 Å². The number of halogens is 1. The van der Waals surface area contributed by atoms with Crippen molar-refractivity contribution in [1.82, 2.24) is 10.3 Å². The van der Waals surface area contributed by atoms with Gasteiger partial charge >= 0.3 is 6.09 Å². The van der Waals surface area contributed by atoms with Crippen LogP contribution in [0.1, 0.15) is 12.1 Å². The van der Waals surface area contributed by atoms with Crippen molar-refractivity contribution >= 4 is 22.0 Å². The van der Waals surface area contributed by atoms with Crippen LogP contribution in [0.5, 0.6) is 5.75 Å². The number of ether oxygens (including phenoxy) is 1. The Morgan fingerprint density at radius 2 is 2.44 bits per heavy atom. The lowest BCUT2D eigenvalue weighted by Crippen LogP contribution is -2.22. The highest BCUT2D eigenvalue weighted by Crippen LogP contribution is 2.24. The molecule has 1 rings (SSSR count). The molecule has 0 aliphatic carbocycles. The van der Waals surface area contributed by atoms with E-state index in [1.807, 2.05) is 6.07 Å². The zero-order valence-corrected chi connectivity index (χ0v) is 10.5. The topological polar surface area (TPSA) is 71.5 Å². The third-order valence-electron chi connectivity index (χ3n) is 1.98. The van der Waals surface area contributed by atoms with Crippen molar-refractivity contribution in [1.29, 1.82) is 0 Å². The molecule has 1 aromatic heterocycles. The molecule has 16 heavy (non-hydrogen) atoms. The number of aryl methyl sites for hydroxylation is 1. The monoisotopic (exact) mass is 288 g/mol. The van der Waals surface area contributed by atoms with E-state index in [4.69, 9.17) is 9.84 Å². The molecule has 0 fully saturated rings. The lowest BCUT2D eigenvalue weighted by molar-refractivity contribution is 0.194. The molecule has 0 bridgehead atoms. The average Bonchev–Trinajstić information content (AvgIpc) is 2.24. The Bertz CT molecular complexity index is 371. The number of carbonyl (C=O) groups is 1. The Morgan fingerprint density at radius 1 is 1.69 bits per heavy atom. The second-order valence-electron chi connectivity index (χ2n) is 3.15. The van der Waals surface area contributed by atoms with Crippen LogP contribution >= 0.6 is 15.9 Å². The summed E-state index contributed by atoms with van der Waals surface area (Å²) in [6, 6.07) is 1.87. The summed E-state index contributed by atoms with van der Waals surface area (Å²) >= 11 is 3.36. The highest BCUT2D eigenvalue weighted by molar-refractivity contribution is 9.10. The van der Waals surface area contributed by atoms with Gasteiger partial charge in [0.15, 0.2) is 5.75 Å². The Labute approximate surface area is 102 Å². The van der Waals surface area contributed by atoms with Crippen LogP contribution < -0.4 is 10.1 Å². The van der Waals surface area contributed by atoms with Crippen molar-refractivity contribution in [3.05, 3.63) is 22.4 Å². The predicted molar refractivity (Wildman–Crippen MR) is 62.8 cm³/mol. The lowest BCUT2D eigenvalue weighted by atomic mass is 10.2. The minimum Gasteiger partial charge on any atom is -0.494 e. The van der Waals surface area contributed by atoms with Gasteiger partial charge in [-0.3, -0.25) is 4.98 Å². The number of nitrogens with one attached hydrogen (secondary N) is 1. The summed E-state index contributed by atoms with van der Waals surface area (Å²) < 4.78 is 5.91. The fourth-order valence-corrected chi connectivity index (χ4v) is 1.74. The second kappa shape index (κ2) is 6.32. The third-order valence-corrected chi connectivity index (χ3v) is 2.60. The van der Waals surface area contributed by atoms with E-state index < -0.39 is 6.09 Å². The minimum absolute atomic E-state index is 0.431. The van der Waals surface area contributed by atoms with Crippen molar-refractivity contribution in [3.63, 3.8) is 0 Å². The van der Waals surface area contributed by atoms with Gasteiger partial charge in [-0.25, -0.2) is 4.79 Å². The molecule has 0 atom stereocenters. The molecule has 0 radical (unpaired) electrons. The number of nitrogens with zero attached hydrogens (tertiary/aromatic N) is 1. The highest BCUT2D eigenvalue weighted by Gasteiger charge is 2.03. The number of pyridine rings is 1. The second-order valence-corrected chi connectivity index (χ2v) is 4.00. The summed E-state index contributed by atoms with van der Waals surface area (Å²) in [5.74, 6) is 0.687. The van der Waals surface area contributed by atoms with E-state index in [2.05, 4.69) is 26.2 Å². The molecule has 0 spiro atoms. The van der Waals surface area contributed by atoms with Gasteiger partial charge in [0.1, 0.15) is 0 Å². The van der Waals surface area contributed by atoms with E-state index >= 15 is 0 Å². The first-order valence-corrected chi connectivity index (χ1v) is 5.58. The maximum absolute atomic E-state index is 10.2. The molecular weight excluding hydrogens is 276 g/mol. The predicted octanol–water partition coefficient (Wildman–Crippen LogP) is 2.05. The summed E-state index contributed by atoms with van der Waals surface area (Å²) in [6.07, 6.45) is 2.09. The standard InChI is InChI=1S/C10H13BrN2O3/c1-16-9-6-13-7(5-8(9)11)3-2-4-12-10(14)15/h5-6,12H,2-4H2,1H3,(H,14,15). The van der Waals surface area contributed by atoms with E-state index in [0.29, 0.717) is 12.3 Å². The van der Waals surface area contributed by atoms with Crippen molar-refractivity contribution < 1.29 is 14.6 Å². The van der Waals surface area contributed by atoms with E-state index in [0.717, 1.165) is 23.0 Å². The Kier molecular flexibility index (Phi) is 5.04. The van der Waals surface area contributed by atoms with Gasteiger partial charge in [-0.15, -0.1) is 0 Å². The number of amides is 1. The summed E-state index contributed by atoms with van der Waals surface area (Å²) in [4.78, 5) is 14.4. The summed E-state index contributed by atoms with van der Waals surface area (Å²) in [7, 11) is 1.58. The molecule has 0 aliphatic heterocycles. The van der Waals surface area contributed by atoms with Crippen LogP contribution in [-0.2, 0) is 6.42 Å². The van der Waals surface area contributed by atoms with Crippen LogP contribution in [-0.4, -0.2) is 29.8 Å². The Balaban J connectivity index is 2.43. The van der Waals surface area contributed by atoms with Gasteiger partial charge in [0, 0.05) is 12.2 Å². The zero-order chi connectivity index (χ0) is 12.0. The van der Waals surface area contributed by atoms with E-state index in [9.17, 15) is 4.79 Å². The summed E-state index contributed by atoms with van der Waals surface area (Å²) in [5.41, 5.74) is 0.903. The first-order valence-electron chi connectivity index (χ1n) is 4.78. The van der Waals surface area contributed by atoms with Crippen LogP contribution in [0.15, 0.2) is 16.7 Å². The van der Waals surface area contributed by atoms with Gasteiger partial charge in [0.2, 0.25) is 0 Å². The molecule has 1 aromatic rings. The van der Waals surface area contributed by atoms with Gasteiger partial charge < -0.3 is 15.2 Å². The van der Waals surface area contributed by atoms with Crippen LogP contribution in [0.25, 0.3) is 0 Å². The quantitative estimate of drug-likeness (QED) is 0.814. The molecule has 6 heteroatoms. The molecule has 0 saturated carbocycles. The average molecular weight is 289 g/mol. The van der Waals surface area contributed by atoms with Crippen molar-refractivity contribution in [3.8, 4) is 5.75 Å². The molecule has 1 amide bonds. The molecule has 2 N–H and O–H groups in total. The molecular formula is C10H13BrN2O3. The molecule has 0 aliphatic rings. The first-order chi connectivity index (χ1) is 7.63. The normalized spacial score (nSPS) is 9.88. The SMILES string of the molecule is COc1cnc(CCCNC(=O)O)cc1Br. The molecule has 1 heterocycles.